The van der Waals surface area contributed by atoms with Gasteiger partial charge in [0.2, 0.25) is 5.91 Å². The molecule has 0 bridgehead atoms. The number of nitrogens with one attached hydrogen (secondary N) is 1. The Morgan fingerprint density at radius 1 is 1.40 bits per heavy atom. The maximum atomic E-state index is 13.5. The van der Waals surface area contributed by atoms with E-state index in [1.165, 1.54) is 18.2 Å². The third-order valence-electron chi connectivity index (χ3n) is 3.53. The van der Waals surface area contributed by atoms with E-state index in [0.29, 0.717) is 13.1 Å². The van der Waals surface area contributed by atoms with Gasteiger partial charge in [-0.25, -0.2) is 8.78 Å². The van der Waals surface area contributed by atoms with Gasteiger partial charge in [0.25, 0.3) is 0 Å². The molecule has 1 saturated heterocycles. The summed E-state index contributed by atoms with van der Waals surface area (Å²) in [6.45, 7) is 1.38. The second-order valence-corrected chi connectivity index (χ2v) is 4.82. The van der Waals surface area contributed by atoms with Gasteiger partial charge >= 0.3 is 0 Å². The van der Waals surface area contributed by atoms with Gasteiger partial charge in [-0.3, -0.25) is 4.79 Å². The summed E-state index contributed by atoms with van der Waals surface area (Å²) < 4.78 is 27.0. The Morgan fingerprint density at radius 2 is 2.05 bits per heavy atom. The zero-order valence-corrected chi connectivity index (χ0v) is 12.2. The van der Waals surface area contributed by atoms with Crippen LogP contribution in [0.25, 0.3) is 0 Å². The van der Waals surface area contributed by atoms with Gasteiger partial charge in [-0.05, 0) is 32.0 Å². The molecule has 0 aliphatic carbocycles. The zero-order valence-electron chi connectivity index (χ0n) is 11.4. The van der Waals surface area contributed by atoms with Crippen molar-refractivity contribution < 1.29 is 13.6 Å². The molecular weight excluding hydrogens is 286 g/mol. The molecule has 6 heteroatoms. The first-order valence-corrected chi connectivity index (χ1v) is 6.50. The fourth-order valence-electron chi connectivity index (χ4n) is 2.57. The fraction of sp³-hybridized carbons (Fsp3) is 0.500. The van der Waals surface area contributed by atoms with Gasteiger partial charge in [0.05, 0.1) is 6.42 Å². The molecule has 20 heavy (non-hydrogen) atoms. The molecule has 0 spiro atoms. The Kier molecular flexibility index (Phi) is 6.36. The molecule has 1 aliphatic heterocycles. The van der Waals surface area contributed by atoms with Crippen LogP contribution in [0.2, 0.25) is 0 Å². The van der Waals surface area contributed by atoms with Crippen molar-refractivity contribution in [2.75, 3.05) is 20.1 Å². The number of likely N-dealkylation sites (tertiary alicyclic amines) is 1. The first-order valence-electron chi connectivity index (χ1n) is 6.50. The fourth-order valence-corrected chi connectivity index (χ4v) is 2.57. The standard InChI is InChI=1S/C14H18F2N2O.ClH/c1-17-9-10-4-3-7-18(10)14(19)8-11-12(15)5-2-6-13(11)16;/h2,5-6,10,17H,3-4,7-9H2,1H3;1H. The van der Waals surface area contributed by atoms with Gasteiger partial charge < -0.3 is 10.2 Å². The Balaban J connectivity index is 0.00000200. The first-order chi connectivity index (χ1) is 9.13. The second-order valence-electron chi connectivity index (χ2n) is 4.82. The maximum absolute atomic E-state index is 13.5. The average molecular weight is 305 g/mol. The van der Waals surface area contributed by atoms with Crippen LogP contribution in [0.5, 0.6) is 0 Å². The van der Waals surface area contributed by atoms with E-state index in [9.17, 15) is 13.6 Å². The van der Waals surface area contributed by atoms with Crippen molar-refractivity contribution in [2.45, 2.75) is 25.3 Å². The summed E-state index contributed by atoms with van der Waals surface area (Å²) in [6, 6.07) is 3.80. The van der Waals surface area contributed by atoms with E-state index in [1.807, 2.05) is 7.05 Å². The van der Waals surface area contributed by atoms with Crippen LogP contribution in [0.4, 0.5) is 8.78 Å². The molecule has 1 unspecified atom stereocenters. The van der Waals surface area contributed by atoms with E-state index in [4.69, 9.17) is 0 Å². The van der Waals surface area contributed by atoms with Gasteiger partial charge in [-0.2, -0.15) is 0 Å². The molecular formula is C14H19ClF2N2O. The predicted molar refractivity (Wildman–Crippen MR) is 76.0 cm³/mol. The first kappa shape index (κ1) is 16.9. The Bertz CT molecular complexity index is 450. The lowest BCUT2D eigenvalue weighted by atomic mass is 10.1. The largest absolute Gasteiger partial charge is 0.338 e. The maximum Gasteiger partial charge on any atom is 0.227 e. The van der Waals surface area contributed by atoms with E-state index in [-0.39, 0.29) is 36.3 Å². The van der Waals surface area contributed by atoms with E-state index in [1.54, 1.807) is 4.90 Å². The van der Waals surface area contributed by atoms with Crippen LogP contribution in [0.1, 0.15) is 18.4 Å². The number of hydrogen-bond acceptors (Lipinski definition) is 2. The van der Waals surface area contributed by atoms with Gasteiger partial charge in [-0.15, -0.1) is 12.4 Å². The number of benzene rings is 1. The molecule has 1 amide bonds. The molecule has 112 valence electrons. The molecule has 1 N–H and O–H groups in total. The lowest BCUT2D eigenvalue weighted by molar-refractivity contribution is -0.131. The molecule has 1 aromatic carbocycles. The molecule has 0 aromatic heterocycles. The summed E-state index contributed by atoms with van der Waals surface area (Å²) in [7, 11) is 1.83. The summed E-state index contributed by atoms with van der Waals surface area (Å²) in [6.07, 6.45) is 1.67. The molecule has 1 aromatic rings. The van der Waals surface area contributed by atoms with Crippen molar-refractivity contribution in [3.05, 3.63) is 35.4 Å². The monoisotopic (exact) mass is 304 g/mol. The van der Waals surface area contributed by atoms with Crippen LogP contribution in [-0.2, 0) is 11.2 Å². The van der Waals surface area contributed by atoms with E-state index in [0.717, 1.165) is 12.8 Å². The van der Waals surface area contributed by atoms with Crippen molar-refractivity contribution in [3.63, 3.8) is 0 Å². The van der Waals surface area contributed by atoms with Gasteiger partial charge in [-0.1, -0.05) is 6.07 Å². The van der Waals surface area contributed by atoms with E-state index < -0.39 is 11.6 Å². The van der Waals surface area contributed by atoms with Gasteiger partial charge in [0.15, 0.2) is 0 Å². The summed E-state index contributed by atoms with van der Waals surface area (Å²) in [4.78, 5) is 13.9. The van der Waals surface area contributed by atoms with Gasteiger partial charge in [0, 0.05) is 24.7 Å². The quantitative estimate of drug-likeness (QED) is 0.924. The highest BCUT2D eigenvalue weighted by atomic mass is 35.5. The number of amides is 1. The molecule has 0 radical (unpaired) electrons. The summed E-state index contributed by atoms with van der Waals surface area (Å²) in [5.74, 6) is -1.52. The van der Waals surface area contributed by atoms with E-state index >= 15 is 0 Å². The number of carbonyl (C=O) groups is 1. The molecule has 1 heterocycles. The van der Waals surface area contributed by atoms with Crippen molar-refractivity contribution in [1.82, 2.24) is 10.2 Å². The third-order valence-corrected chi connectivity index (χ3v) is 3.53. The normalized spacial score (nSPS) is 17.9. The summed E-state index contributed by atoms with van der Waals surface area (Å²) in [5, 5.41) is 3.04. The number of likely N-dealkylation sites (N-methyl/N-ethyl adjacent to an activating group) is 1. The molecule has 1 atom stereocenters. The van der Waals surface area contributed by atoms with Crippen LogP contribution in [0.3, 0.4) is 0 Å². The van der Waals surface area contributed by atoms with Crippen LogP contribution in [-0.4, -0.2) is 37.0 Å². The average Bonchev–Trinajstić information content (AvgIpc) is 2.83. The third kappa shape index (κ3) is 3.67. The van der Waals surface area contributed by atoms with E-state index in [2.05, 4.69) is 5.32 Å². The van der Waals surface area contributed by atoms with Crippen LogP contribution in [0.15, 0.2) is 18.2 Å². The summed E-state index contributed by atoms with van der Waals surface area (Å²) in [5.41, 5.74) is -0.136. The minimum atomic E-state index is -0.655. The SMILES string of the molecule is CNCC1CCCN1C(=O)Cc1c(F)cccc1F.Cl. The molecule has 2 rings (SSSR count). The number of halogens is 3. The Labute approximate surface area is 123 Å². The smallest absolute Gasteiger partial charge is 0.227 e. The summed E-state index contributed by atoms with van der Waals surface area (Å²) >= 11 is 0. The van der Waals surface area contributed by atoms with Crippen molar-refractivity contribution >= 4 is 18.3 Å². The van der Waals surface area contributed by atoms with Crippen molar-refractivity contribution in [2.24, 2.45) is 0 Å². The number of nitrogens with zero attached hydrogens (tertiary/aromatic N) is 1. The highest BCUT2D eigenvalue weighted by molar-refractivity contribution is 5.85. The number of hydrogen-bond donors (Lipinski definition) is 1. The molecule has 0 saturated carbocycles. The van der Waals surface area contributed by atoms with Gasteiger partial charge in [0.1, 0.15) is 11.6 Å². The minimum Gasteiger partial charge on any atom is -0.338 e. The van der Waals surface area contributed by atoms with Crippen LogP contribution >= 0.6 is 12.4 Å². The topological polar surface area (TPSA) is 32.3 Å². The predicted octanol–water partition coefficient (Wildman–Crippen LogP) is 2.14. The van der Waals surface area contributed by atoms with Crippen molar-refractivity contribution in [3.8, 4) is 0 Å². The molecule has 1 fully saturated rings. The molecule has 3 nitrogen and oxygen atoms in total. The minimum absolute atomic E-state index is 0. The number of rotatable bonds is 4. The number of carbonyl (C=O) groups excluding carboxylic acids is 1. The highest BCUT2D eigenvalue weighted by Gasteiger charge is 2.28. The van der Waals surface area contributed by atoms with Crippen LogP contribution < -0.4 is 5.32 Å². The highest BCUT2D eigenvalue weighted by Crippen LogP contribution is 2.20. The lowest BCUT2D eigenvalue weighted by Gasteiger charge is -2.24. The Hall–Kier alpha value is -1.20. The lowest BCUT2D eigenvalue weighted by Crippen LogP contribution is -2.41. The Morgan fingerprint density at radius 3 is 2.65 bits per heavy atom. The van der Waals surface area contributed by atoms with Crippen LogP contribution in [0, 0.1) is 11.6 Å². The zero-order chi connectivity index (χ0) is 13.8. The van der Waals surface area contributed by atoms with Crippen molar-refractivity contribution in [1.29, 1.82) is 0 Å². The molecule has 1 aliphatic rings. The second kappa shape index (κ2) is 7.55.